The average molecular weight is 471 g/mol. The number of likely N-dealkylation sites (tertiary alicyclic amines) is 1. The Morgan fingerprint density at radius 2 is 1.69 bits per heavy atom. The predicted octanol–water partition coefficient (Wildman–Crippen LogP) is 3.76. The number of hydrogen-bond acceptors (Lipinski definition) is 4. The molecular weight excluding hydrogens is 449 g/mol. The summed E-state index contributed by atoms with van der Waals surface area (Å²) in [7, 11) is 0. The van der Waals surface area contributed by atoms with Crippen LogP contribution in [0.15, 0.2) is 65.5 Å². The number of anilines is 2. The summed E-state index contributed by atoms with van der Waals surface area (Å²) in [6.07, 6.45) is 0.872. The molecule has 0 aliphatic carbocycles. The Morgan fingerprint density at radius 1 is 0.943 bits per heavy atom. The summed E-state index contributed by atoms with van der Waals surface area (Å²) < 4.78 is 14.8. The molecule has 0 spiro atoms. The van der Waals surface area contributed by atoms with E-state index in [2.05, 4.69) is 10.6 Å². The van der Waals surface area contributed by atoms with Crippen molar-refractivity contribution in [2.24, 2.45) is 5.92 Å². The highest BCUT2D eigenvalue weighted by molar-refractivity contribution is 6.04. The second-order valence-corrected chi connectivity index (χ2v) is 8.87. The summed E-state index contributed by atoms with van der Waals surface area (Å²) in [5, 5.41) is 14.4. The smallest absolute Gasteiger partial charge is 0.321 e. The van der Waals surface area contributed by atoms with E-state index in [4.69, 9.17) is 5.26 Å². The number of pyridine rings is 1. The van der Waals surface area contributed by atoms with Gasteiger partial charge in [0.25, 0.3) is 11.5 Å². The number of hydrogen-bond donors (Lipinski definition) is 2. The maximum Gasteiger partial charge on any atom is 0.321 e. The van der Waals surface area contributed by atoms with Crippen LogP contribution in [-0.2, 0) is 6.54 Å². The van der Waals surface area contributed by atoms with Gasteiger partial charge in [-0.1, -0.05) is 0 Å². The van der Waals surface area contributed by atoms with E-state index in [0.717, 1.165) is 12.1 Å². The molecule has 0 saturated carbocycles. The molecule has 2 aromatic carbocycles. The Hall–Kier alpha value is -4.45. The van der Waals surface area contributed by atoms with Gasteiger partial charge in [-0.2, -0.15) is 5.26 Å². The van der Waals surface area contributed by atoms with Gasteiger partial charge in [0, 0.05) is 42.5 Å². The van der Waals surface area contributed by atoms with E-state index in [1.165, 1.54) is 24.3 Å². The van der Waals surface area contributed by atoms with Crippen LogP contribution in [0.1, 0.15) is 34.0 Å². The van der Waals surface area contributed by atoms with Gasteiger partial charge in [0.1, 0.15) is 11.5 Å². The summed E-state index contributed by atoms with van der Waals surface area (Å²) in [6, 6.07) is 17.0. The Labute approximate surface area is 200 Å². The van der Waals surface area contributed by atoms with Gasteiger partial charge in [0.05, 0.1) is 11.6 Å². The van der Waals surface area contributed by atoms with E-state index < -0.39 is 5.91 Å². The van der Waals surface area contributed by atoms with Crippen LogP contribution in [0.4, 0.5) is 20.6 Å². The summed E-state index contributed by atoms with van der Waals surface area (Å²) in [5.41, 5.74) is 2.07. The van der Waals surface area contributed by atoms with E-state index in [9.17, 15) is 18.8 Å². The monoisotopic (exact) mass is 471 g/mol. The van der Waals surface area contributed by atoms with Gasteiger partial charge in [-0.15, -0.1) is 0 Å². The van der Waals surface area contributed by atoms with Gasteiger partial charge >= 0.3 is 6.03 Å². The average Bonchev–Trinajstić information content (AvgIpc) is 2.87. The molecule has 2 bridgehead atoms. The van der Waals surface area contributed by atoms with Gasteiger partial charge in [-0.25, -0.2) is 9.18 Å². The fourth-order valence-corrected chi connectivity index (χ4v) is 4.83. The summed E-state index contributed by atoms with van der Waals surface area (Å²) in [5.74, 6) is -0.698. The fourth-order valence-electron chi connectivity index (χ4n) is 4.83. The summed E-state index contributed by atoms with van der Waals surface area (Å²) in [6.45, 7) is 1.41. The van der Waals surface area contributed by atoms with Crippen molar-refractivity contribution in [2.45, 2.75) is 18.9 Å². The normalized spacial score (nSPS) is 18.2. The number of nitrogens with one attached hydrogen (secondary N) is 2. The molecule has 1 fully saturated rings. The highest BCUT2D eigenvalue weighted by Crippen LogP contribution is 2.35. The second kappa shape index (κ2) is 9.06. The van der Waals surface area contributed by atoms with Crippen molar-refractivity contribution in [3.63, 3.8) is 0 Å². The molecule has 2 atom stereocenters. The highest BCUT2D eigenvalue weighted by atomic mass is 19.1. The topological polar surface area (TPSA) is 107 Å². The number of aromatic nitrogens is 1. The number of urea groups is 1. The molecule has 0 radical (unpaired) electrons. The molecule has 1 aromatic heterocycles. The van der Waals surface area contributed by atoms with Gasteiger partial charge in [0.2, 0.25) is 0 Å². The Kier molecular flexibility index (Phi) is 5.79. The SMILES string of the molecule is N#Cc1ccc(C(=O)Nc2ccc3n(c2=O)C[C@H]2C[C@@H]3CN(C(=O)Nc3ccc(F)cc3)C2)cc1. The lowest BCUT2D eigenvalue weighted by atomic mass is 9.83. The molecule has 2 N–H and O–H groups in total. The van der Waals surface area contributed by atoms with Crippen molar-refractivity contribution >= 4 is 23.3 Å². The lowest BCUT2D eigenvalue weighted by Crippen LogP contribution is -2.50. The molecule has 3 amide bonds. The van der Waals surface area contributed by atoms with Crippen molar-refractivity contribution in [3.8, 4) is 6.07 Å². The Morgan fingerprint density at radius 3 is 2.40 bits per heavy atom. The van der Waals surface area contributed by atoms with Gasteiger partial charge in [0.15, 0.2) is 0 Å². The maximum atomic E-state index is 13.2. The molecule has 0 unspecified atom stereocenters. The molecule has 1 saturated heterocycles. The molecular formula is C26H22FN5O3. The van der Waals surface area contributed by atoms with E-state index in [1.807, 2.05) is 12.1 Å². The first-order valence-corrected chi connectivity index (χ1v) is 11.3. The van der Waals surface area contributed by atoms with E-state index >= 15 is 0 Å². The molecule has 3 aromatic rings. The molecule has 2 aliphatic rings. The standard InChI is InChI=1S/C26H22FN5O3/c27-20-5-7-21(8-6-20)29-26(35)31-13-17-11-19(15-31)23-10-9-22(25(34)32(23)14-17)30-24(33)18-3-1-16(12-28)2-4-18/h1-10,17,19H,11,13-15H2,(H,29,35)(H,30,33)/t17-,19+/m0/s1. The van der Waals surface area contributed by atoms with Crippen molar-refractivity contribution < 1.29 is 14.0 Å². The summed E-state index contributed by atoms with van der Waals surface area (Å²) in [4.78, 5) is 40.3. The lowest BCUT2D eigenvalue weighted by molar-refractivity contribution is 0.102. The zero-order chi connectivity index (χ0) is 24.5. The Bertz CT molecular complexity index is 1390. The van der Waals surface area contributed by atoms with Gasteiger partial charge < -0.3 is 20.1 Å². The number of halogens is 1. The zero-order valence-corrected chi connectivity index (χ0v) is 18.7. The number of benzene rings is 2. The quantitative estimate of drug-likeness (QED) is 0.606. The number of nitriles is 1. The van der Waals surface area contributed by atoms with Crippen molar-refractivity contribution in [2.75, 3.05) is 23.7 Å². The third-order valence-corrected chi connectivity index (χ3v) is 6.51. The number of carbonyl (C=O) groups excluding carboxylic acids is 2. The van der Waals surface area contributed by atoms with Crippen LogP contribution in [0.25, 0.3) is 0 Å². The largest absolute Gasteiger partial charge is 0.324 e. The molecule has 2 aliphatic heterocycles. The fraction of sp³-hybridized carbons (Fsp3) is 0.231. The van der Waals surface area contributed by atoms with Gasteiger partial charge in [-0.05, 0) is 73.0 Å². The van der Waals surface area contributed by atoms with E-state index in [1.54, 1.807) is 39.8 Å². The van der Waals surface area contributed by atoms with Crippen LogP contribution in [0, 0.1) is 23.1 Å². The second-order valence-electron chi connectivity index (χ2n) is 8.87. The number of rotatable bonds is 3. The minimum atomic E-state index is -0.424. The zero-order valence-electron chi connectivity index (χ0n) is 18.7. The van der Waals surface area contributed by atoms with Crippen LogP contribution in [0.5, 0.6) is 0 Å². The third-order valence-electron chi connectivity index (χ3n) is 6.51. The lowest BCUT2D eigenvalue weighted by Gasteiger charge is -2.42. The van der Waals surface area contributed by atoms with Crippen molar-refractivity contribution in [1.29, 1.82) is 5.26 Å². The number of carbonyl (C=O) groups is 2. The molecule has 5 rings (SSSR count). The van der Waals surface area contributed by atoms with E-state index in [0.29, 0.717) is 36.4 Å². The number of nitrogens with zero attached hydrogens (tertiary/aromatic N) is 3. The van der Waals surface area contributed by atoms with Crippen LogP contribution in [0.3, 0.4) is 0 Å². The molecule has 176 valence electrons. The van der Waals surface area contributed by atoms with Crippen molar-refractivity contribution in [3.05, 3.63) is 93.7 Å². The van der Waals surface area contributed by atoms with Crippen LogP contribution in [0.2, 0.25) is 0 Å². The number of piperidine rings is 1. The predicted molar refractivity (Wildman–Crippen MR) is 128 cm³/mol. The van der Waals surface area contributed by atoms with Crippen LogP contribution < -0.4 is 16.2 Å². The summed E-state index contributed by atoms with van der Waals surface area (Å²) >= 11 is 0. The first-order chi connectivity index (χ1) is 16.9. The first kappa shape index (κ1) is 22.3. The minimum absolute atomic E-state index is 0.00237. The van der Waals surface area contributed by atoms with Gasteiger partial charge in [-0.3, -0.25) is 9.59 Å². The first-order valence-electron chi connectivity index (χ1n) is 11.3. The minimum Gasteiger partial charge on any atom is -0.324 e. The maximum absolute atomic E-state index is 13.2. The van der Waals surface area contributed by atoms with Crippen LogP contribution >= 0.6 is 0 Å². The Balaban J connectivity index is 1.31. The number of fused-ring (bicyclic) bond motifs is 4. The molecule has 35 heavy (non-hydrogen) atoms. The number of amides is 3. The molecule has 3 heterocycles. The van der Waals surface area contributed by atoms with Crippen LogP contribution in [-0.4, -0.2) is 34.5 Å². The highest BCUT2D eigenvalue weighted by Gasteiger charge is 2.36. The third kappa shape index (κ3) is 4.51. The molecule has 9 heteroatoms. The van der Waals surface area contributed by atoms with Crippen molar-refractivity contribution in [1.82, 2.24) is 9.47 Å². The molecule has 8 nitrogen and oxygen atoms in total. The van der Waals surface area contributed by atoms with E-state index in [-0.39, 0.29) is 34.9 Å².